The summed E-state index contributed by atoms with van der Waals surface area (Å²) in [6.45, 7) is 27.3. The van der Waals surface area contributed by atoms with Crippen molar-refractivity contribution in [2.24, 2.45) is 0 Å². The van der Waals surface area contributed by atoms with E-state index in [4.69, 9.17) is 13.5 Å². The number of nitrogens with zero attached hydrogens (tertiary/aromatic N) is 4. The van der Waals surface area contributed by atoms with Gasteiger partial charge in [-0.05, 0) is 131 Å². The molecule has 0 N–H and O–H groups in total. The Morgan fingerprint density at radius 1 is 0.524 bits per heavy atom. The van der Waals surface area contributed by atoms with E-state index in [1.807, 2.05) is 12.1 Å². The van der Waals surface area contributed by atoms with Crippen LogP contribution in [0.1, 0.15) is 139 Å². The normalized spacial score (nSPS) is 13.0. The standard InChI is InChI=1S/C63H57N2O.C15H17N2.Ir/c1-37(2)52-33-45(40-24-22-39(23-25-40)44-30-46(62(5,6)7)35-47(31-44)63(8,9)10)34-53(38(3)4)58(52)65-59-49-19-14-12-17-42(49)28-29-56(59)64-61(65)51-21-15-20-50-55-32-43-27-26-41-16-11-13-18-48(41)54(43)36-57(55)66-60(50)51;1-11-5-7-12(8-6-11)14-16-10-9-13(17-14)15(2,3)4;/h11-20,22-38H,1-10H3;5-7,9-10H,1-4H3;/q2*-1;/i;1D3;. The molecule has 3 heterocycles. The van der Waals surface area contributed by atoms with E-state index in [1.165, 1.54) is 83.2 Å². The quantitative estimate of drug-likeness (QED) is 0.118. The molecule has 0 aliphatic carbocycles. The minimum atomic E-state index is -2.11. The molecule has 6 heteroatoms. The van der Waals surface area contributed by atoms with Gasteiger partial charge >= 0.3 is 0 Å². The van der Waals surface area contributed by atoms with E-state index in [0.717, 1.165) is 55.4 Å². The number of hydrogen-bond donors (Lipinski definition) is 0. The first-order chi connectivity index (χ1) is 40.8. The third kappa shape index (κ3) is 10.9. The summed E-state index contributed by atoms with van der Waals surface area (Å²) in [4.78, 5) is 14.3. The zero-order valence-electron chi connectivity index (χ0n) is 53.5. The fourth-order valence-electron chi connectivity index (χ4n) is 11.6. The largest absolute Gasteiger partial charge is 0.501 e. The molecule has 423 valence electrons. The summed E-state index contributed by atoms with van der Waals surface area (Å²) in [5, 5.41) is 9.32. The molecule has 0 spiro atoms. The van der Waals surface area contributed by atoms with Crippen molar-refractivity contribution in [3.05, 3.63) is 228 Å². The Balaban J connectivity index is 0.000000318. The number of fused-ring (bicyclic) bond motifs is 9. The fourth-order valence-corrected chi connectivity index (χ4v) is 11.6. The average molecular weight is 1280 g/mol. The molecular formula is C78H74IrN4O-2. The summed E-state index contributed by atoms with van der Waals surface area (Å²) in [6.07, 6.45) is 1.72. The van der Waals surface area contributed by atoms with Gasteiger partial charge in [0.05, 0.1) is 28.3 Å². The SMILES string of the molecule is CC(C)c1cc(-c2ccc(-c3cc(C(C)(C)C)cc(C(C)(C)C)c3)cc2)cc(C(C)C)c1-n1c(-c2[c-]ccc3c2oc2cc4c(ccc5ccccc54)cc23)nc2ccc3ccccc3c21.[2H]C([2H])([2H])c1c[c-]c(-c2nccc(C(C)(C)C)n2)cc1.[Ir]. The molecule has 1 radical (unpaired) electrons. The van der Waals surface area contributed by atoms with Gasteiger partial charge < -0.3 is 8.98 Å². The molecule has 0 saturated heterocycles. The minimum absolute atomic E-state index is 0. The molecule has 0 unspecified atom stereocenters. The van der Waals surface area contributed by atoms with Gasteiger partial charge in [-0.2, -0.15) is 0 Å². The van der Waals surface area contributed by atoms with Gasteiger partial charge in [-0.3, -0.25) is 15.0 Å². The zero-order chi connectivity index (χ0) is 60.8. The Morgan fingerprint density at radius 2 is 1.13 bits per heavy atom. The van der Waals surface area contributed by atoms with Crippen LogP contribution in [-0.2, 0) is 36.4 Å². The monoisotopic (exact) mass is 1280 g/mol. The van der Waals surface area contributed by atoms with E-state index in [9.17, 15) is 0 Å². The molecule has 13 aromatic rings. The smallest absolute Gasteiger partial charge is 0.121 e. The Morgan fingerprint density at radius 3 is 1.74 bits per heavy atom. The van der Waals surface area contributed by atoms with Crippen LogP contribution in [0.3, 0.4) is 0 Å². The summed E-state index contributed by atoms with van der Waals surface area (Å²) >= 11 is 0. The van der Waals surface area contributed by atoms with Gasteiger partial charge in [0.1, 0.15) is 5.58 Å². The summed E-state index contributed by atoms with van der Waals surface area (Å²) < 4.78 is 31.5. The number of furan rings is 1. The molecule has 0 amide bonds. The van der Waals surface area contributed by atoms with E-state index in [0.29, 0.717) is 11.4 Å². The first-order valence-electron chi connectivity index (χ1n) is 30.7. The van der Waals surface area contributed by atoms with Crippen LogP contribution >= 0.6 is 0 Å². The van der Waals surface area contributed by atoms with Gasteiger partial charge in [-0.25, -0.2) is 0 Å². The summed E-state index contributed by atoms with van der Waals surface area (Å²) in [6, 6.07) is 69.4. The van der Waals surface area contributed by atoms with Crippen LogP contribution in [0.2, 0.25) is 0 Å². The van der Waals surface area contributed by atoms with Crippen molar-refractivity contribution in [3.8, 4) is 50.7 Å². The molecular weight excluding hydrogens is 1200 g/mol. The van der Waals surface area contributed by atoms with Gasteiger partial charge in [-0.15, -0.1) is 53.6 Å². The van der Waals surface area contributed by atoms with Crippen LogP contribution in [-0.4, -0.2) is 19.5 Å². The van der Waals surface area contributed by atoms with Crippen molar-refractivity contribution < 1.29 is 28.6 Å². The Hall–Kier alpha value is -8.02. The average Bonchev–Trinajstić information content (AvgIpc) is 1.82. The fraction of sp³-hybridized carbons (Fsp3) is 0.244. The Bertz CT molecular complexity index is 4680. The second-order valence-electron chi connectivity index (χ2n) is 26.2. The van der Waals surface area contributed by atoms with Gasteiger partial charge in [0, 0.05) is 58.0 Å². The van der Waals surface area contributed by atoms with Crippen molar-refractivity contribution in [1.82, 2.24) is 19.5 Å². The molecule has 0 saturated carbocycles. The molecule has 13 rings (SSSR count). The molecule has 3 aromatic heterocycles. The molecule has 0 aliphatic rings. The van der Waals surface area contributed by atoms with Crippen LogP contribution < -0.4 is 0 Å². The van der Waals surface area contributed by atoms with Crippen LogP contribution in [0, 0.1) is 19.0 Å². The maximum Gasteiger partial charge on any atom is 0.121 e. The molecule has 10 aromatic carbocycles. The predicted molar refractivity (Wildman–Crippen MR) is 351 cm³/mol. The molecule has 84 heavy (non-hydrogen) atoms. The first-order valence-corrected chi connectivity index (χ1v) is 29.2. The second kappa shape index (κ2) is 22.2. The molecule has 0 fully saturated rings. The van der Waals surface area contributed by atoms with Crippen molar-refractivity contribution in [1.29, 1.82) is 0 Å². The Labute approximate surface area is 513 Å². The van der Waals surface area contributed by atoms with Gasteiger partial charge in [0.25, 0.3) is 0 Å². The van der Waals surface area contributed by atoms with Gasteiger partial charge in [0.2, 0.25) is 0 Å². The third-order valence-electron chi connectivity index (χ3n) is 16.4. The molecule has 0 bridgehead atoms. The number of rotatable bonds is 7. The van der Waals surface area contributed by atoms with Crippen LogP contribution in [0.4, 0.5) is 0 Å². The maximum atomic E-state index is 7.35. The minimum Gasteiger partial charge on any atom is -0.501 e. The Kier molecular flexibility index (Phi) is 14.3. The number of aryl methyl sites for hydroxylation is 1. The summed E-state index contributed by atoms with van der Waals surface area (Å²) in [5.41, 5.74) is 17.9. The van der Waals surface area contributed by atoms with Crippen LogP contribution in [0.5, 0.6) is 0 Å². The molecule has 0 atom stereocenters. The van der Waals surface area contributed by atoms with Gasteiger partial charge in [0.15, 0.2) is 0 Å². The van der Waals surface area contributed by atoms with E-state index in [2.05, 4.69) is 262 Å². The van der Waals surface area contributed by atoms with Crippen LogP contribution in [0.25, 0.3) is 116 Å². The van der Waals surface area contributed by atoms with Crippen molar-refractivity contribution in [2.45, 2.75) is 125 Å². The third-order valence-corrected chi connectivity index (χ3v) is 16.4. The number of imidazole rings is 1. The topological polar surface area (TPSA) is 56.7 Å². The number of benzene rings is 10. The maximum absolute atomic E-state index is 7.35. The number of hydrogen-bond acceptors (Lipinski definition) is 4. The second-order valence-corrected chi connectivity index (χ2v) is 26.2. The number of aromatic nitrogens is 4. The van der Waals surface area contributed by atoms with Crippen molar-refractivity contribution in [3.63, 3.8) is 0 Å². The predicted octanol–water partition coefficient (Wildman–Crippen LogP) is 21.6. The molecule has 0 aliphatic heterocycles. The zero-order valence-corrected chi connectivity index (χ0v) is 52.9. The van der Waals surface area contributed by atoms with Gasteiger partial charge in [-0.1, -0.05) is 217 Å². The van der Waals surface area contributed by atoms with E-state index < -0.39 is 6.85 Å². The first kappa shape index (κ1) is 54.0. The summed E-state index contributed by atoms with van der Waals surface area (Å²) in [5.74, 6) is 1.81. The van der Waals surface area contributed by atoms with Crippen LogP contribution in [0.15, 0.2) is 187 Å². The van der Waals surface area contributed by atoms with E-state index >= 15 is 0 Å². The van der Waals surface area contributed by atoms with E-state index in [-0.39, 0.29) is 53.7 Å². The van der Waals surface area contributed by atoms with E-state index in [1.54, 1.807) is 18.3 Å². The van der Waals surface area contributed by atoms with Crippen molar-refractivity contribution >= 4 is 65.3 Å². The summed E-state index contributed by atoms with van der Waals surface area (Å²) in [7, 11) is 0. The van der Waals surface area contributed by atoms with Crippen molar-refractivity contribution in [2.75, 3.05) is 0 Å². The molecule has 5 nitrogen and oxygen atoms in total.